The predicted molar refractivity (Wildman–Crippen MR) is 199 cm³/mol. The summed E-state index contributed by atoms with van der Waals surface area (Å²) in [4.78, 5) is 53.7. The van der Waals surface area contributed by atoms with E-state index in [-0.39, 0.29) is 46.8 Å². The molecule has 6 rings (SSSR count). The molecule has 0 N–H and O–H groups in total. The molecule has 2 fully saturated rings. The van der Waals surface area contributed by atoms with Crippen LogP contribution in [-0.4, -0.2) is 30.1 Å². The van der Waals surface area contributed by atoms with Gasteiger partial charge in [0.05, 0.1) is 11.5 Å². The Morgan fingerprint density at radius 1 is 0.686 bits per heavy atom. The fourth-order valence-electron chi connectivity index (χ4n) is 8.66. The van der Waals surface area contributed by atoms with Crippen LogP contribution in [0.5, 0.6) is 0 Å². The Kier molecular flexibility index (Phi) is 12.6. The lowest BCUT2D eigenvalue weighted by molar-refractivity contribution is -0.158. The minimum atomic E-state index is -0.752. The molecule has 1 unspecified atom stereocenters. The van der Waals surface area contributed by atoms with Crippen LogP contribution < -0.4 is 0 Å². The van der Waals surface area contributed by atoms with Crippen LogP contribution in [0.1, 0.15) is 163 Å². The third kappa shape index (κ3) is 8.88. The molecule has 6 nitrogen and oxygen atoms in total. The average Bonchev–Trinajstić information content (AvgIpc) is 3.18. The molecule has 0 aromatic heterocycles. The number of hydrogen-bond donors (Lipinski definition) is 0. The average molecular weight is 691 g/mol. The summed E-state index contributed by atoms with van der Waals surface area (Å²) in [5.74, 6) is 0.879. The number of ketones is 2. The van der Waals surface area contributed by atoms with Gasteiger partial charge in [0, 0.05) is 22.3 Å². The highest BCUT2D eigenvalue weighted by Crippen LogP contribution is 2.43. The number of ether oxygens (including phenoxy) is 2. The van der Waals surface area contributed by atoms with Gasteiger partial charge in [0.2, 0.25) is 0 Å². The topological polar surface area (TPSA) is 86.7 Å². The van der Waals surface area contributed by atoms with Gasteiger partial charge in [-0.1, -0.05) is 101 Å². The van der Waals surface area contributed by atoms with Gasteiger partial charge in [-0.3, -0.25) is 14.4 Å². The summed E-state index contributed by atoms with van der Waals surface area (Å²) in [5.41, 5.74) is 3.22. The number of rotatable bonds is 14. The van der Waals surface area contributed by atoms with Crippen molar-refractivity contribution < 1.29 is 28.7 Å². The second kappa shape index (κ2) is 17.4. The molecule has 51 heavy (non-hydrogen) atoms. The molecule has 2 saturated carbocycles. The van der Waals surface area contributed by atoms with Gasteiger partial charge in [-0.25, -0.2) is 4.79 Å². The van der Waals surface area contributed by atoms with Crippen molar-refractivity contribution in [2.75, 3.05) is 6.61 Å². The maximum Gasteiger partial charge on any atom is 0.338 e. The number of aryl methyl sites for hydroxylation is 1. The first-order valence-electron chi connectivity index (χ1n) is 19.6. The third-order valence-electron chi connectivity index (χ3n) is 11.8. The molecule has 0 radical (unpaired) electrons. The molecule has 0 spiro atoms. The van der Waals surface area contributed by atoms with E-state index in [1.807, 2.05) is 42.5 Å². The lowest BCUT2D eigenvalue weighted by Crippen LogP contribution is -2.30. The lowest BCUT2D eigenvalue weighted by atomic mass is 9.68. The van der Waals surface area contributed by atoms with E-state index in [4.69, 9.17) is 9.47 Å². The van der Waals surface area contributed by atoms with Crippen molar-refractivity contribution >= 4 is 23.5 Å². The van der Waals surface area contributed by atoms with E-state index in [0.29, 0.717) is 17.0 Å². The van der Waals surface area contributed by atoms with Crippen LogP contribution in [0.3, 0.4) is 0 Å². The molecule has 3 aromatic carbocycles. The highest BCUT2D eigenvalue weighted by molar-refractivity contribution is 6.28. The van der Waals surface area contributed by atoms with E-state index in [2.05, 4.69) is 13.8 Å². The van der Waals surface area contributed by atoms with E-state index in [1.54, 1.807) is 6.07 Å². The number of esters is 2. The van der Waals surface area contributed by atoms with Gasteiger partial charge in [0.1, 0.15) is 6.61 Å². The zero-order valence-corrected chi connectivity index (χ0v) is 30.5. The quantitative estimate of drug-likeness (QED) is 0.0967. The van der Waals surface area contributed by atoms with Crippen LogP contribution in [0.2, 0.25) is 0 Å². The summed E-state index contributed by atoms with van der Waals surface area (Å²) in [6.07, 6.45) is 16.8. The van der Waals surface area contributed by atoms with Crippen molar-refractivity contribution in [3.63, 3.8) is 0 Å². The molecule has 270 valence electrons. The summed E-state index contributed by atoms with van der Waals surface area (Å²) in [5, 5.41) is 0. The van der Waals surface area contributed by atoms with Crippen molar-refractivity contribution in [2.24, 2.45) is 23.7 Å². The molecular formula is C45H54O6. The summed E-state index contributed by atoms with van der Waals surface area (Å²) in [7, 11) is 0. The first kappa shape index (κ1) is 36.7. The fourth-order valence-corrected chi connectivity index (χ4v) is 8.66. The van der Waals surface area contributed by atoms with E-state index in [0.717, 1.165) is 67.9 Å². The summed E-state index contributed by atoms with van der Waals surface area (Å²) < 4.78 is 11.8. The van der Waals surface area contributed by atoms with Crippen LogP contribution in [0.4, 0.5) is 0 Å². The molecule has 3 aliphatic rings. The van der Waals surface area contributed by atoms with Crippen LogP contribution in [0.15, 0.2) is 66.7 Å². The first-order valence-corrected chi connectivity index (χ1v) is 19.6. The van der Waals surface area contributed by atoms with Crippen LogP contribution in [0, 0.1) is 23.7 Å². The molecule has 0 amide bonds. The Labute approximate surface area is 303 Å². The molecule has 0 aliphatic heterocycles. The fraction of sp³-hybridized carbons (Fsp3) is 0.511. The number of unbranched alkanes of at least 4 members (excludes halogenated alkanes) is 3. The number of carbonyl (C=O) groups is 4. The molecule has 6 heteroatoms. The molecule has 1 atom stereocenters. The monoisotopic (exact) mass is 690 g/mol. The van der Waals surface area contributed by atoms with E-state index >= 15 is 0 Å². The van der Waals surface area contributed by atoms with Crippen LogP contribution >= 0.6 is 0 Å². The number of carbonyl (C=O) groups excluding carboxylic acids is 4. The van der Waals surface area contributed by atoms with Gasteiger partial charge < -0.3 is 9.47 Å². The van der Waals surface area contributed by atoms with Gasteiger partial charge in [0.25, 0.3) is 0 Å². The van der Waals surface area contributed by atoms with Gasteiger partial charge >= 0.3 is 11.9 Å². The summed E-state index contributed by atoms with van der Waals surface area (Å²) in [6.45, 7) is 4.24. The standard InChI is InChI=1S/C45H54O6/c1-3-5-8-12-30-15-18-32(19-16-30)33-20-22-35(23-21-33)45(49)51-41(34-13-9-7-10-14-34)29-50-44(48)36-24-26-38-40(28-36)43(47)37-25-17-31(11-6-4-2)27-39(37)42(38)46/h7,9-10,13-14,17,24-28,30,32-33,35,41H,3-6,8,11-12,15-16,18-23,29H2,1-2H3. The van der Waals surface area contributed by atoms with Crippen molar-refractivity contribution in [1.29, 1.82) is 0 Å². The van der Waals surface area contributed by atoms with E-state index in [9.17, 15) is 19.2 Å². The number of hydrogen-bond acceptors (Lipinski definition) is 6. The van der Waals surface area contributed by atoms with E-state index < -0.39 is 12.1 Å². The van der Waals surface area contributed by atoms with Crippen LogP contribution in [0.25, 0.3) is 0 Å². The second-order valence-electron chi connectivity index (χ2n) is 15.2. The Balaban J connectivity index is 1.05. The van der Waals surface area contributed by atoms with Gasteiger partial charge in [-0.2, -0.15) is 0 Å². The highest BCUT2D eigenvalue weighted by atomic mass is 16.6. The molecule has 0 saturated heterocycles. The highest BCUT2D eigenvalue weighted by Gasteiger charge is 2.35. The lowest BCUT2D eigenvalue weighted by Gasteiger charge is -2.37. The van der Waals surface area contributed by atoms with Crippen molar-refractivity contribution in [2.45, 2.75) is 116 Å². The predicted octanol–water partition coefficient (Wildman–Crippen LogP) is 10.4. The Morgan fingerprint density at radius 2 is 1.31 bits per heavy atom. The zero-order valence-electron chi connectivity index (χ0n) is 30.5. The van der Waals surface area contributed by atoms with E-state index in [1.165, 1.54) is 69.6 Å². The Hall–Kier alpha value is -4.06. The molecular weight excluding hydrogens is 636 g/mol. The van der Waals surface area contributed by atoms with Gasteiger partial charge in [-0.15, -0.1) is 0 Å². The minimum absolute atomic E-state index is 0.150. The Bertz CT molecular complexity index is 1680. The molecule has 0 heterocycles. The van der Waals surface area contributed by atoms with Crippen molar-refractivity contribution in [1.82, 2.24) is 0 Å². The van der Waals surface area contributed by atoms with Crippen molar-refractivity contribution in [3.05, 3.63) is 106 Å². The number of benzene rings is 3. The molecule has 0 bridgehead atoms. The SMILES string of the molecule is CCCCCC1CCC(C2CCC(C(=O)OC(COC(=O)c3ccc4c(c3)C(=O)c3ccc(CCCC)cc3C4=O)c3ccccc3)CC2)CC1. The smallest absolute Gasteiger partial charge is 0.338 e. The van der Waals surface area contributed by atoms with Crippen LogP contribution in [-0.2, 0) is 20.7 Å². The molecule has 3 aromatic rings. The maximum atomic E-state index is 13.5. The normalized spacial score (nSPS) is 22.1. The van der Waals surface area contributed by atoms with Gasteiger partial charge in [0.15, 0.2) is 17.7 Å². The summed E-state index contributed by atoms with van der Waals surface area (Å²) in [6, 6.07) is 19.4. The third-order valence-corrected chi connectivity index (χ3v) is 11.8. The number of fused-ring (bicyclic) bond motifs is 2. The van der Waals surface area contributed by atoms with Gasteiger partial charge in [-0.05, 0) is 105 Å². The largest absolute Gasteiger partial charge is 0.458 e. The Morgan fingerprint density at radius 3 is 1.98 bits per heavy atom. The van der Waals surface area contributed by atoms with Crippen molar-refractivity contribution in [3.8, 4) is 0 Å². The molecule has 3 aliphatic carbocycles. The first-order chi connectivity index (χ1) is 24.9. The second-order valence-corrected chi connectivity index (χ2v) is 15.2. The zero-order chi connectivity index (χ0) is 35.7. The summed E-state index contributed by atoms with van der Waals surface area (Å²) >= 11 is 0. The minimum Gasteiger partial charge on any atom is -0.458 e. The maximum absolute atomic E-state index is 13.5.